The molecule has 0 unspecified atom stereocenters. The second-order valence-corrected chi connectivity index (χ2v) is 10.7. The van der Waals surface area contributed by atoms with Crippen LogP contribution in [0.5, 0.6) is 0 Å². The lowest BCUT2D eigenvalue weighted by molar-refractivity contribution is -0.151. The van der Waals surface area contributed by atoms with Crippen LogP contribution in [0.4, 0.5) is 4.79 Å². The first kappa shape index (κ1) is 27.2. The van der Waals surface area contributed by atoms with E-state index in [2.05, 4.69) is 29.6 Å². The number of nitrogens with zero attached hydrogens (tertiary/aromatic N) is 1. The molecule has 1 N–H and O–H groups in total. The van der Waals surface area contributed by atoms with Gasteiger partial charge >= 0.3 is 6.09 Å². The van der Waals surface area contributed by atoms with Gasteiger partial charge in [-0.25, -0.2) is 4.79 Å². The molecule has 2 fully saturated rings. The predicted molar refractivity (Wildman–Crippen MR) is 158 cm³/mol. The standard InChI is InChI=1S/C35H36N2O4/c38-34(39-25-28-15-7-2-8-16-28)37-22-21-31(36-24-27-13-5-1-6-14-27)23-32(37)33-26-40-35(41-33,29-17-9-3-10-18-29)30-19-11-4-12-20-30/h1-20,31-33,36H,21-26H2/t31-,32+,33-/m1/s1. The summed E-state index contributed by atoms with van der Waals surface area (Å²) < 4.78 is 19.3. The largest absolute Gasteiger partial charge is 0.445 e. The van der Waals surface area contributed by atoms with Crippen molar-refractivity contribution in [2.24, 2.45) is 0 Å². The van der Waals surface area contributed by atoms with Crippen molar-refractivity contribution in [3.8, 4) is 0 Å². The predicted octanol–water partition coefficient (Wildman–Crippen LogP) is 6.26. The normalized spacial score (nSPS) is 21.9. The summed E-state index contributed by atoms with van der Waals surface area (Å²) in [6, 6.07) is 40.3. The third-order valence-corrected chi connectivity index (χ3v) is 8.03. The average Bonchev–Trinajstić information content (AvgIpc) is 3.51. The molecule has 0 aromatic heterocycles. The molecule has 41 heavy (non-hydrogen) atoms. The summed E-state index contributed by atoms with van der Waals surface area (Å²) in [4.78, 5) is 15.4. The topological polar surface area (TPSA) is 60.0 Å². The summed E-state index contributed by atoms with van der Waals surface area (Å²) >= 11 is 0. The summed E-state index contributed by atoms with van der Waals surface area (Å²) in [5.74, 6) is -1.04. The molecular formula is C35H36N2O4. The Morgan fingerprint density at radius 2 is 1.37 bits per heavy atom. The van der Waals surface area contributed by atoms with Crippen LogP contribution in [-0.4, -0.2) is 42.3 Å². The Kier molecular flexibility index (Phi) is 8.42. The third-order valence-electron chi connectivity index (χ3n) is 8.03. The zero-order chi connectivity index (χ0) is 27.9. The molecule has 0 spiro atoms. The van der Waals surface area contributed by atoms with Gasteiger partial charge in [0.25, 0.3) is 0 Å². The zero-order valence-electron chi connectivity index (χ0n) is 23.1. The molecule has 2 aliphatic rings. The summed E-state index contributed by atoms with van der Waals surface area (Å²) in [6.45, 7) is 1.95. The van der Waals surface area contributed by atoms with Crippen LogP contribution in [0, 0.1) is 0 Å². The second-order valence-electron chi connectivity index (χ2n) is 10.7. The molecule has 6 nitrogen and oxygen atoms in total. The van der Waals surface area contributed by atoms with E-state index in [0.717, 1.165) is 36.1 Å². The first-order valence-corrected chi connectivity index (χ1v) is 14.4. The average molecular weight is 549 g/mol. The van der Waals surface area contributed by atoms with Gasteiger partial charge in [0, 0.05) is 30.3 Å². The maximum absolute atomic E-state index is 13.5. The van der Waals surface area contributed by atoms with E-state index >= 15 is 0 Å². The number of likely N-dealkylation sites (tertiary alicyclic amines) is 1. The molecule has 0 bridgehead atoms. The number of ether oxygens (including phenoxy) is 3. The quantitative estimate of drug-likeness (QED) is 0.282. The fourth-order valence-electron chi connectivity index (χ4n) is 5.88. The molecule has 3 atom stereocenters. The SMILES string of the molecule is O=C(OCc1ccccc1)N1CC[C@@H](NCc2ccccc2)C[C@H]1[C@H]1COC(c2ccccc2)(c2ccccc2)O1. The van der Waals surface area contributed by atoms with Gasteiger partial charge < -0.3 is 24.4 Å². The summed E-state index contributed by atoms with van der Waals surface area (Å²) in [5, 5.41) is 3.72. The van der Waals surface area contributed by atoms with E-state index in [9.17, 15) is 4.79 Å². The third kappa shape index (κ3) is 6.20. The summed E-state index contributed by atoms with van der Waals surface area (Å²) in [5.41, 5.74) is 4.06. The van der Waals surface area contributed by atoms with Crippen molar-refractivity contribution in [1.29, 1.82) is 0 Å². The van der Waals surface area contributed by atoms with Crippen molar-refractivity contribution >= 4 is 6.09 Å². The van der Waals surface area contributed by atoms with Gasteiger partial charge in [0.15, 0.2) is 0 Å². The van der Waals surface area contributed by atoms with E-state index in [1.165, 1.54) is 5.56 Å². The van der Waals surface area contributed by atoms with Crippen LogP contribution in [0.1, 0.15) is 35.1 Å². The van der Waals surface area contributed by atoms with Gasteiger partial charge in [-0.2, -0.15) is 0 Å². The van der Waals surface area contributed by atoms with Crippen molar-refractivity contribution in [2.75, 3.05) is 13.2 Å². The van der Waals surface area contributed by atoms with Gasteiger partial charge in [0.1, 0.15) is 12.7 Å². The first-order chi connectivity index (χ1) is 20.2. The number of rotatable bonds is 8. The molecule has 4 aromatic rings. The lowest BCUT2D eigenvalue weighted by Gasteiger charge is -2.41. The number of hydrogen-bond donors (Lipinski definition) is 1. The monoisotopic (exact) mass is 548 g/mol. The number of carbonyl (C=O) groups excluding carboxylic acids is 1. The molecule has 2 saturated heterocycles. The molecular weight excluding hydrogens is 512 g/mol. The minimum Gasteiger partial charge on any atom is -0.445 e. The van der Waals surface area contributed by atoms with Gasteiger partial charge in [-0.05, 0) is 24.0 Å². The van der Waals surface area contributed by atoms with E-state index in [1.807, 2.05) is 102 Å². The lowest BCUT2D eigenvalue weighted by atomic mass is 9.93. The maximum Gasteiger partial charge on any atom is 0.410 e. The first-order valence-electron chi connectivity index (χ1n) is 14.4. The van der Waals surface area contributed by atoms with Crippen molar-refractivity contribution in [2.45, 2.75) is 50.0 Å². The second kappa shape index (κ2) is 12.7. The summed E-state index contributed by atoms with van der Waals surface area (Å²) in [6.07, 6.45) is 0.919. The van der Waals surface area contributed by atoms with Crippen molar-refractivity contribution in [3.05, 3.63) is 144 Å². The molecule has 1 amide bonds. The molecule has 4 aromatic carbocycles. The lowest BCUT2D eigenvalue weighted by Crippen LogP contribution is -2.56. The Labute approximate surface area is 241 Å². The van der Waals surface area contributed by atoms with Crippen LogP contribution >= 0.6 is 0 Å². The van der Waals surface area contributed by atoms with Crippen LogP contribution in [0.2, 0.25) is 0 Å². The van der Waals surface area contributed by atoms with Crippen LogP contribution in [0.25, 0.3) is 0 Å². The van der Waals surface area contributed by atoms with Gasteiger partial charge in [-0.15, -0.1) is 0 Å². The van der Waals surface area contributed by atoms with E-state index in [1.54, 1.807) is 0 Å². The van der Waals surface area contributed by atoms with Crippen molar-refractivity contribution in [1.82, 2.24) is 10.2 Å². The molecule has 6 rings (SSSR count). The van der Waals surface area contributed by atoms with E-state index in [-0.39, 0.29) is 30.9 Å². The molecule has 0 saturated carbocycles. The fourth-order valence-corrected chi connectivity index (χ4v) is 5.88. The Hall–Kier alpha value is -3.97. The molecule has 2 heterocycles. The molecule has 2 aliphatic heterocycles. The van der Waals surface area contributed by atoms with E-state index in [4.69, 9.17) is 14.2 Å². The number of piperidine rings is 1. The van der Waals surface area contributed by atoms with Crippen molar-refractivity contribution in [3.63, 3.8) is 0 Å². The number of carbonyl (C=O) groups is 1. The minimum absolute atomic E-state index is 0.213. The fraction of sp³-hybridized carbons (Fsp3) is 0.286. The number of nitrogens with one attached hydrogen (secondary N) is 1. The molecule has 210 valence electrons. The molecule has 0 radical (unpaired) electrons. The zero-order valence-corrected chi connectivity index (χ0v) is 23.1. The van der Waals surface area contributed by atoms with Gasteiger partial charge in [0.05, 0.1) is 12.6 Å². The Bertz CT molecular complexity index is 1350. The Morgan fingerprint density at radius 1 is 0.805 bits per heavy atom. The van der Waals surface area contributed by atoms with Gasteiger partial charge in [-0.1, -0.05) is 121 Å². The Morgan fingerprint density at radius 3 is 1.98 bits per heavy atom. The molecule has 6 heteroatoms. The highest BCUT2D eigenvalue weighted by atomic mass is 16.7. The van der Waals surface area contributed by atoms with Crippen LogP contribution < -0.4 is 5.32 Å². The maximum atomic E-state index is 13.5. The number of amides is 1. The van der Waals surface area contributed by atoms with E-state index < -0.39 is 5.79 Å². The highest BCUT2D eigenvalue weighted by Crippen LogP contribution is 2.43. The molecule has 0 aliphatic carbocycles. The highest BCUT2D eigenvalue weighted by Gasteiger charge is 2.50. The van der Waals surface area contributed by atoms with Crippen LogP contribution in [0.3, 0.4) is 0 Å². The van der Waals surface area contributed by atoms with Gasteiger partial charge in [-0.3, -0.25) is 0 Å². The number of benzene rings is 4. The smallest absolute Gasteiger partial charge is 0.410 e. The van der Waals surface area contributed by atoms with Crippen molar-refractivity contribution < 1.29 is 19.0 Å². The van der Waals surface area contributed by atoms with Gasteiger partial charge in [0.2, 0.25) is 5.79 Å². The Balaban J connectivity index is 1.24. The number of hydrogen-bond acceptors (Lipinski definition) is 5. The highest BCUT2D eigenvalue weighted by molar-refractivity contribution is 5.68. The summed E-state index contributed by atoms with van der Waals surface area (Å²) in [7, 11) is 0. The minimum atomic E-state index is -1.04. The van der Waals surface area contributed by atoms with Crippen LogP contribution in [0.15, 0.2) is 121 Å². The van der Waals surface area contributed by atoms with E-state index in [0.29, 0.717) is 13.2 Å². The van der Waals surface area contributed by atoms with Crippen LogP contribution in [-0.2, 0) is 33.1 Å².